The Hall–Kier alpha value is -2.68. The zero-order chi connectivity index (χ0) is 24.8. The number of fused-ring (bicyclic) bond motifs is 2. The number of aliphatic hydroxyl groups is 1. The molecule has 2 saturated heterocycles. The molecule has 1 unspecified atom stereocenters. The maximum atomic E-state index is 14.2. The van der Waals surface area contributed by atoms with Crippen LogP contribution in [0.5, 0.6) is 0 Å². The number of esters is 1. The summed E-state index contributed by atoms with van der Waals surface area (Å²) in [7, 11) is 0. The summed E-state index contributed by atoms with van der Waals surface area (Å²) in [5.74, 6) is -3.13. The van der Waals surface area contributed by atoms with Crippen LogP contribution in [0.1, 0.15) is 26.2 Å². The van der Waals surface area contributed by atoms with Crippen LogP contribution in [0.25, 0.3) is 0 Å². The van der Waals surface area contributed by atoms with Crippen molar-refractivity contribution in [2.45, 2.75) is 43.4 Å². The molecule has 4 aliphatic heterocycles. The zero-order valence-corrected chi connectivity index (χ0v) is 20.3. The molecule has 8 nitrogen and oxygen atoms in total. The first kappa shape index (κ1) is 24.0. The number of rotatable bonds is 4. The van der Waals surface area contributed by atoms with E-state index < -0.39 is 41.0 Å². The minimum absolute atomic E-state index is 0.0578. The van der Waals surface area contributed by atoms with Crippen LogP contribution >= 0.6 is 11.6 Å². The van der Waals surface area contributed by atoms with Gasteiger partial charge in [-0.2, -0.15) is 0 Å². The predicted molar refractivity (Wildman–Crippen MR) is 129 cm³/mol. The number of β-amino-alcohol motifs (C(OH)–C–C–N with tert-alkyl or cyclic N) is 1. The zero-order valence-electron chi connectivity index (χ0n) is 19.6. The van der Waals surface area contributed by atoms with Gasteiger partial charge in [0.15, 0.2) is 0 Å². The average molecular weight is 501 g/mol. The second-order valence-corrected chi connectivity index (χ2v) is 9.80. The fraction of sp³-hybridized carbons (Fsp3) is 0.500. The van der Waals surface area contributed by atoms with E-state index in [-0.39, 0.29) is 32.2 Å². The number of hydrogen-bond acceptors (Lipinski definition) is 6. The highest BCUT2D eigenvalue weighted by atomic mass is 35.5. The Bertz CT molecular complexity index is 1110. The Morgan fingerprint density at radius 2 is 1.91 bits per heavy atom. The van der Waals surface area contributed by atoms with Crippen molar-refractivity contribution in [3.63, 3.8) is 0 Å². The Balaban J connectivity index is 1.67. The quantitative estimate of drug-likeness (QED) is 0.504. The van der Waals surface area contributed by atoms with Gasteiger partial charge >= 0.3 is 5.97 Å². The second-order valence-electron chi connectivity index (χ2n) is 9.39. The molecule has 0 saturated carbocycles. The van der Waals surface area contributed by atoms with Crippen molar-refractivity contribution in [1.82, 2.24) is 4.90 Å². The summed E-state index contributed by atoms with van der Waals surface area (Å²) in [6, 6.07) is 5.95. The summed E-state index contributed by atoms with van der Waals surface area (Å²) in [5, 5.41) is 10.2. The lowest BCUT2D eigenvalue weighted by Gasteiger charge is -2.38. The van der Waals surface area contributed by atoms with Gasteiger partial charge in [0.25, 0.3) is 5.91 Å². The Kier molecular flexibility index (Phi) is 6.23. The van der Waals surface area contributed by atoms with Gasteiger partial charge in [0.1, 0.15) is 23.2 Å². The number of likely N-dealkylation sites (tertiary alicyclic amines) is 1. The molecule has 1 spiro atoms. The number of nitrogens with zero attached hydrogens (tertiary/aromatic N) is 2. The van der Waals surface area contributed by atoms with Crippen LogP contribution in [0, 0.1) is 11.8 Å². The van der Waals surface area contributed by atoms with Crippen molar-refractivity contribution >= 4 is 35.1 Å². The molecule has 0 bridgehead atoms. The number of ether oxygens (including phenoxy) is 2. The van der Waals surface area contributed by atoms with E-state index in [1.807, 2.05) is 19.1 Å². The molecule has 5 rings (SSSR count). The molecule has 4 aliphatic rings. The first-order chi connectivity index (χ1) is 16.9. The molecular formula is C26H29ClN2O6. The smallest absolute Gasteiger partial charge is 0.313 e. The lowest BCUT2D eigenvalue weighted by Crippen LogP contribution is -2.56. The Labute approximate surface area is 209 Å². The molecule has 9 heteroatoms. The number of hydrogen-bond donors (Lipinski definition) is 1. The number of benzene rings is 1. The minimum Gasteiger partial charge on any atom is -0.465 e. The summed E-state index contributed by atoms with van der Waals surface area (Å²) in [6.45, 7) is 2.00. The van der Waals surface area contributed by atoms with Crippen LogP contribution in [-0.4, -0.2) is 71.3 Å². The molecule has 0 radical (unpaired) electrons. The van der Waals surface area contributed by atoms with Gasteiger partial charge in [-0.05, 0) is 31.4 Å². The largest absolute Gasteiger partial charge is 0.465 e. The molecule has 4 heterocycles. The van der Waals surface area contributed by atoms with Crippen LogP contribution in [-0.2, 0) is 23.9 Å². The summed E-state index contributed by atoms with van der Waals surface area (Å²) in [6.07, 6.45) is 9.25. The summed E-state index contributed by atoms with van der Waals surface area (Å²) in [4.78, 5) is 44.4. The lowest BCUT2D eigenvalue weighted by molar-refractivity contribution is -0.159. The fourth-order valence-electron chi connectivity index (χ4n) is 6.11. The molecular weight excluding hydrogens is 472 g/mol. The number of amides is 2. The van der Waals surface area contributed by atoms with Gasteiger partial charge in [-0.3, -0.25) is 14.4 Å². The van der Waals surface area contributed by atoms with Gasteiger partial charge in [0.2, 0.25) is 5.91 Å². The number of allylic oxidation sites excluding steroid dienone is 1. The van der Waals surface area contributed by atoms with E-state index >= 15 is 0 Å². The van der Waals surface area contributed by atoms with Gasteiger partial charge < -0.3 is 24.4 Å². The van der Waals surface area contributed by atoms with Crippen molar-refractivity contribution in [2.75, 3.05) is 31.2 Å². The number of para-hydroxylation sites is 1. The lowest BCUT2D eigenvalue weighted by atomic mass is 9.73. The average Bonchev–Trinajstić information content (AvgIpc) is 3.22. The van der Waals surface area contributed by atoms with Crippen molar-refractivity contribution in [1.29, 1.82) is 0 Å². The number of cyclic esters (lactones) is 1. The molecule has 0 aliphatic carbocycles. The summed E-state index contributed by atoms with van der Waals surface area (Å²) in [5.41, 5.74) is -1.95. The highest BCUT2D eigenvalue weighted by molar-refractivity contribution is 6.34. The van der Waals surface area contributed by atoms with Gasteiger partial charge in [-0.15, -0.1) is 0 Å². The standard InChI is InChI=1S/C26H29ClN2O6/c1-2-25-11-6-3-7-16-34-24(33)20(25)19-22(31)29(14-15-30)21-23(32)28(13-8-12-26(19,21)35-25)18-10-5-4-9-17(18)27/h4-6,8-12,19-21,30H,2-3,7,13-16H2,1H3/b11-6-/t19-,20+,21?,25-,26-/m0/s1. The number of anilines is 1. The first-order valence-corrected chi connectivity index (χ1v) is 12.5. The van der Waals surface area contributed by atoms with Crippen LogP contribution in [0.4, 0.5) is 5.69 Å². The van der Waals surface area contributed by atoms with Crippen molar-refractivity contribution in [3.05, 3.63) is 53.6 Å². The van der Waals surface area contributed by atoms with E-state index in [0.29, 0.717) is 30.0 Å². The number of halogens is 1. The highest BCUT2D eigenvalue weighted by Crippen LogP contribution is 2.58. The number of aliphatic hydroxyl groups excluding tert-OH is 1. The molecule has 1 aromatic rings. The predicted octanol–water partition coefficient (Wildman–Crippen LogP) is 2.49. The molecule has 35 heavy (non-hydrogen) atoms. The number of carbonyl (C=O) groups is 3. The van der Waals surface area contributed by atoms with E-state index in [1.165, 1.54) is 9.80 Å². The minimum atomic E-state index is -1.39. The van der Waals surface area contributed by atoms with Crippen molar-refractivity contribution in [3.8, 4) is 0 Å². The van der Waals surface area contributed by atoms with E-state index in [1.54, 1.807) is 36.4 Å². The second kappa shape index (κ2) is 9.08. The van der Waals surface area contributed by atoms with Crippen LogP contribution < -0.4 is 4.90 Å². The summed E-state index contributed by atoms with van der Waals surface area (Å²) >= 11 is 6.43. The third kappa shape index (κ3) is 3.53. The van der Waals surface area contributed by atoms with Gasteiger partial charge in [0.05, 0.1) is 29.8 Å². The van der Waals surface area contributed by atoms with Crippen LogP contribution in [0.15, 0.2) is 48.6 Å². The van der Waals surface area contributed by atoms with Crippen molar-refractivity contribution < 1.29 is 29.0 Å². The maximum absolute atomic E-state index is 14.2. The van der Waals surface area contributed by atoms with E-state index in [4.69, 9.17) is 21.1 Å². The molecule has 0 aromatic heterocycles. The van der Waals surface area contributed by atoms with Gasteiger partial charge in [-0.1, -0.05) is 55.0 Å². The molecule has 2 amide bonds. The molecule has 1 N–H and O–H groups in total. The van der Waals surface area contributed by atoms with Crippen molar-refractivity contribution in [2.24, 2.45) is 11.8 Å². The van der Waals surface area contributed by atoms with E-state index in [2.05, 4.69) is 0 Å². The maximum Gasteiger partial charge on any atom is 0.313 e. The monoisotopic (exact) mass is 500 g/mol. The van der Waals surface area contributed by atoms with E-state index in [9.17, 15) is 19.5 Å². The molecule has 1 aromatic carbocycles. The van der Waals surface area contributed by atoms with Gasteiger partial charge in [0, 0.05) is 13.1 Å². The van der Waals surface area contributed by atoms with Gasteiger partial charge in [-0.25, -0.2) is 0 Å². The first-order valence-electron chi connectivity index (χ1n) is 12.1. The molecule has 5 atom stereocenters. The Morgan fingerprint density at radius 1 is 1.11 bits per heavy atom. The molecule has 2 fully saturated rings. The summed E-state index contributed by atoms with van der Waals surface area (Å²) < 4.78 is 12.4. The van der Waals surface area contributed by atoms with Crippen LogP contribution in [0.3, 0.4) is 0 Å². The Morgan fingerprint density at radius 3 is 2.66 bits per heavy atom. The fourth-order valence-corrected chi connectivity index (χ4v) is 6.35. The number of carbonyl (C=O) groups excluding carboxylic acids is 3. The van der Waals surface area contributed by atoms with Crippen LogP contribution in [0.2, 0.25) is 5.02 Å². The third-order valence-corrected chi connectivity index (χ3v) is 7.94. The normalized spacial score (nSPS) is 35.4. The van der Waals surface area contributed by atoms with E-state index in [0.717, 1.165) is 0 Å². The topological polar surface area (TPSA) is 96.4 Å². The third-order valence-electron chi connectivity index (χ3n) is 7.62. The molecule has 186 valence electrons. The SMILES string of the molecule is CC[C@]12/C=C\CCCOC(=O)[C@H]1[C@H]1C(=O)N(CCO)C3C(=O)N(c4ccccc4Cl)CC=C[C@@]31O2. The highest BCUT2D eigenvalue weighted by Gasteiger charge is 2.75.